The highest BCUT2D eigenvalue weighted by atomic mass is 19.1. The van der Waals surface area contributed by atoms with Gasteiger partial charge in [-0.05, 0) is 54.3 Å². The summed E-state index contributed by atoms with van der Waals surface area (Å²) in [6.45, 7) is 2.14. The molecule has 0 spiro atoms. The summed E-state index contributed by atoms with van der Waals surface area (Å²) in [5.74, 6) is 1.04. The highest BCUT2D eigenvalue weighted by Crippen LogP contribution is 2.29. The van der Waals surface area contributed by atoms with Gasteiger partial charge in [-0.25, -0.2) is 9.37 Å². The van der Waals surface area contributed by atoms with Gasteiger partial charge in [0.05, 0.1) is 18.3 Å². The van der Waals surface area contributed by atoms with Crippen LogP contribution in [0.2, 0.25) is 0 Å². The van der Waals surface area contributed by atoms with Crippen molar-refractivity contribution < 1.29 is 14.3 Å². The molecule has 2 aromatic heterocycles. The maximum atomic E-state index is 13.5. The Balaban J connectivity index is 1.56. The number of benzene rings is 1. The lowest BCUT2D eigenvalue weighted by atomic mass is 10.1. The number of β-amino-alcohol motifs (C(OH)–C–C–N with tert-alkyl or cyclic N) is 1. The first kappa shape index (κ1) is 21.7. The molecule has 1 saturated heterocycles. The van der Waals surface area contributed by atoms with Crippen LogP contribution in [-0.2, 0) is 17.8 Å². The summed E-state index contributed by atoms with van der Waals surface area (Å²) in [6.07, 6.45) is 5.14. The fraction of sp³-hybridized carbons (Fsp3) is 0.292. The monoisotopic (exact) mass is 435 g/mol. The van der Waals surface area contributed by atoms with Gasteiger partial charge in [0, 0.05) is 32.0 Å². The zero-order valence-electron chi connectivity index (χ0n) is 17.7. The second-order valence-electron chi connectivity index (χ2n) is 7.83. The maximum Gasteiger partial charge on any atom is 0.214 e. The van der Waals surface area contributed by atoms with E-state index in [4.69, 9.17) is 4.98 Å². The van der Waals surface area contributed by atoms with Gasteiger partial charge in [-0.3, -0.25) is 9.78 Å². The van der Waals surface area contributed by atoms with Crippen LogP contribution in [0.1, 0.15) is 17.5 Å². The van der Waals surface area contributed by atoms with Gasteiger partial charge in [-0.1, -0.05) is 18.2 Å². The lowest BCUT2D eigenvalue weighted by Crippen LogP contribution is -2.25. The molecule has 0 radical (unpaired) electrons. The predicted molar refractivity (Wildman–Crippen MR) is 122 cm³/mol. The van der Waals surface area contributed by atoms with Crippen LogP contribution in [0.25, 0.3) is 0 Å². The predicted octanol–water partition coefficient (Wildman–Crippen LogP) is 3.00. The molecule has 1 aromatic carbocycles. The number of pyridine rings is 2. The summed E-state index contributed by atoms with van der Waals surface area (Å²) in [5.41, 5.74) is 2.42. The lowest BCUT2D eigenvalue weighted by Gasteiger charge is -2.24. The molecule has 2 N–H and O–H groups in total. The van der Waals surface area contributed by atoms with Crippen molar-refractivity contribution >= 4 is 23.7 Å². The van der Waals surface area contributed by atoms with Gasteiger partial charge >= 0.3 is 0 Å². The van der Waals surface area contributed by atoms with Crippen LogP contribution < -0.4 is 15.1 Å². The first-order valence-corrected chi connectivity index (χ1v) is 10.7. The molecule has 4 rings (SSSR count). The van der Waals surface area contributed by atoms with Crippen molar-refractivity contribution in [2.75, 3.05) is 34.8 Å². The van der Waals surface area contributed by atoms with Gasteiger partial charge in [0.2, 0.25) is 6.41 Å². The van der Waals surface area contributed by atoms with E-state index in [0.717, 1.165) is 29.9 Å². The number of carbonyl (C=O) groups is 1. The molecule has 8 heteroatoms. The molecule has 1 aliphatic heterocycles. The molecule has 1 aliphatic rings. The second kappa shape index (κ2) is 10.2. The zero-order chi connectivity index (χ0) is 22.3. The molecular formula is C24H26FN5O2. The van der Waals surface area contributed by atoms with E-state index in [1.165, 1.54) is 12.1 Å². The van der Waals surface area contributed by atoms with E-state index in [-0.39, 0.29) is 11.9 Å². The number of nitrogens with zero attached hydrogens (tertiary/aromatic N) is 4. The third kappa shape index (κ3) is 5.39. The van der Waals surface area contributed by atoms with Crippen LogP contribution in [0.5, 0.6) is 0 Å². The maximum absolute atomic E-state index is 13.5. The van der Waals surface area contributed by atoms with Gasteiger partial charge in [0.1, 0.15) is 11.6 Å². The van der Waals surface area contributed by atoms with Crippen molar-refractivity contribution in [3.63, 3.8) is 0 Å². The van der Waals surface area contributed by atoms with E-state index in [1.807, 2.05) is 35.2 Å². The van der Waals surface area contributed by atoms with E-state index in [9.17, 15) is 14.3 Å². The number of amides is 1. The van der Waals surface area contributed by atoms with E-state index in [0.29, 0.717) is 44.0 Å². The number of nitrogens with one attached hydrogen (secondary N) is 1. The fourth-order valence-corrected chi connectivity index (χ4v) is 3.81. The van der Waals surface area contributed by atoms with Crippen LogP contribution in [-0.4, -0.2) is 47.2 Å². The molecule has 7 nitrogen and oxygen atoms in total. The number of aliphatic hydroxyl groups is 1. The Hall–Kier alpha value is -3.52. The topological polar surface area (TPSA) is 81.6 Å². The van der Waals surface area contributed by atoms with Gasteiger partial charge in [0.25, 0.3) is 0 Å². The molecule has 3 heterocycles. The fourth-order valence-electron chi connectivity index (χ4n) is 3.81. The van der Waals surface area contributed by atoms with E-state index >= 15 is 0 Å². The molecule has 1 atom stereocenters. The number of aliphatic hydroxyl groups excluding tert-OH is 1. The molecule has 0 unspecified atom stereocenters. The summed E-state index contributed by atoms with van der Waals surface area (Å²) in [4.78, 5) is 24.4. The highest BCUT2D eigenvalue weighted by Gasteiger charge is 2.23. The van der Waals surface area contributed by atoms with Crippen LogP contribution in [0.3, 0.4) is 0 Å². The number of carbonyl (C=O) groups excluding carboxylic acids is 1. The molecular weight excluding hydrogens is 409 g/mol. The minimum Gasteiger partial charge on any atom is -0.391 e. The minimum absolute atomic E-state index is 0.264. The van der Waals surface area contributed by atoms with Crippen molar-refractivity contribution in [1.82, 2.24) is 9.97 Å². The van der Waals surface area contributed by atoms with Crippen LogP contribution in [0.15, 0.2) is 60.9 Å². The molecule has 166 valence electrons. The smallest absolute Gasteiger partial charge is 0.214 e. The molecule has 0 aliphatic carbocycles. The Labute approximate surface area is 186 Å². The number of rotatable bonds is 9. The molecule has 0 bridgehead atoms. The quantitative estimate of drug-likeness (QED) is 0.503. The van der Waals surface area contributed by atoms with Crippen molar-refractivity contribution in [2.45, 2.75) is 25.5 Å². The van der Waals surface area contributed by atoms with Crippen LogP contribution >= 0.6 is 0 Å². The summed E-state index contributed by atoms with van der Waals surface area (Å²) in [5, 5.41) is 13.2. The van der Waals surface area contributed by atoms with Gasteiger partial charge in [-0.2, -0.15) is 0 Å². The van der Waals surface area contributed by atoms with E-state index in [2.05, 4.69) is 10.3 Å². The van der Waals surface area contributed by atoms with Crippen LogP contribution in [0.4, 0.5) is 21.7 Å². The molecule has 32 heavy (non-hydrogen) atoms. The third-order valence-electron chi connectivity index (χ3n) is 5.45. The summed E-state index contributed by atoms with van der Waals surface area (Å²) < 4.78 is 13.5. The number of hydrogen-bond donors (Lipinski definition) is 2. The first-order chi connectivity index (χ1) is 15.6. The molecule has 1 amide bonds. The third-order valence-corrected chi connectivity index (χ3v) is 5.45. The lowest BCUT2D eigenvalue weighted by molar-refractivity contribution is -0.107. The highest BCUT2D eigenvalue weighted by molar-refractivity contribution is 5.82. The first-order valence-electron chi connectivity index (χ1n) is 10.7. The largest absolute Gasteiger partial charge is 0.391 e. The average molecular weight is 436 g/mol. The average Bonchev–Trinajstić information content (AvgIpc) is 3.25. The van der Waals surface area contributed by atoms with Crippen molar-refractivity contribution in [3.8, 4) is 0 Å². The summed E-state index contributed by atoms with van der Waals surface area (Å²) >= 11 is 0. The van der Waals surface area contributed by atoms with Gasteiger partial charge in [-0.15, -0.1) is 0 Å². The number of aromatic nitrogens is 2. The van der Waals surface area contributed by atoms with Crippen molar-refractivity contribution in [2.24, 2.45) is 0 Å². The van der Waals surface area contributed by atoms with Crippen molar-refractivity contribution in [3.05, 3.63) is 77.9 Å². The summed E-state index contributed by atoms with van der Waals surface area (Å²) in [6, 6.07) is 14.0. The summed E-state index contributed by atoms with van der Waals surface area (Å²) in [7, 11) is 0. The number of hydrogen-bond acceptors (Lipinski definition) is 6. The Morgan fingerprint density at radius 3 is 2.81 bits per heavy atom. The minimum atomic E-state index is -0.363. The second-order valence-corrected chi connectivity index (χ2v) is 7.83. The van der Waals surface area contributed by atoms with E-state index < -0.39 is 0 Å². The van der Waals surface area contributed by atoms with E-state index in [1.54, 1.807) is 23.4 Å². The number of halogens is 1. The SMILES string of the molecule is O=CN(Cc1cccnc1)c1ccc(N2CC[C@H](O)C2)nc1NCCc1cccc(F)c1. The molecule has 0 saturated carbocycles. The normalized spacial score (nSPS) is 15.6. The Bertz CT molecular complexity index is 1050. The number of anilines is 3. The Morgan fingerprint density at radius 2 is 2.09 bits per heavy atom. The molecule has 1 fully saturated rings. The molecule has 3 aromatic rings. The zero-order valence-corrected chi connectivity index (χ0v) is 17.7. The van der Waals surface area contributed by atoms with Crippen molar-refractivity contribution in [1.29, 1.82) is 0 Å². The van der Waals surface area contributed by atoms with Gasteiger partial charge < -0.3 is 20.2 Å². The standard InChI is InChI=1S/C24H26FN5O2/c25-20-5-1-3-18(13-20)8-11-27-24-22(30(17-31)15-19-4-2-10-26-14-19)6-7-23(28-24)29-12-9-21(32)16-29/h1-7,10,13-14,17,21,32H,8-9,11-12,15-16H2,(H,27,28)/t21-/m0/s1. The Kier molecular flexibility index (Phi) is 6.91. The van der Waals surface area contributed by atoms with Gasteiger partial charge in [0.15, 0.2) is 5.82 Å². The van der Waals surface area contributed by atoms with Crippen LogP contribution in [0, 0.1) is 5.82 Å². The Morgan fingerprint density at radius 1 is 1.22 bits per heavy atom.